The van der Waals surface area contributed by atoms with Crippen molar-refractivity contribution >= 4 is 22.2 Å². The number of nitrogens with zero attached hydrogens (tertiary/aromatic N) is 3. The van der Waals surface area contributed by atoms with E-state index in [0.29, 0.717) is 22.0 Å². The zero-order valence-electron chi connectivity index (χ0n) is 16.1. The molecule has 152 valence electrons. The number of methoxy groups -OCH3 is 1. The number of benzene rings is 1. The largest absolute Gasteiger partial charge is 0.505 e. The summed E-state index contributed by atoms with van der Waals surface area (Å²) in [6, 6.07) is 9.83. The van der Waals surface area contributed by atoms with Crippen LogP contribution < -0.4 is 15.6 Å². The molecule has 2 N–H and O–H groups in total. The number of hydrogen-bond acceptors (Lipinski definition) is 7. The van der Waals surface area contributed by atoms with E-state index in [-0.39, 0.29) is 5.69 Å². The number of aromatic nitrogens is 2. The standard InChI is InChI=1S/C21H18N4O4S/c1-29-16-8-4-3-7-14(16)25-18(27)10-15(26)19(24-25)20(28)23-21-13(11-22)12-6-2-5-9-17(12)30-21/h3-4,7-8,10,26H,2,5-6,9H2,1H3,(H,23,28). The first-order valence-electron chi connectivity index (χ1n) is 9.36. The van der Waals surface area contributed by atoms with Gasteiger partial charge < -0.3 is 15.2 Å². The van der Waals surface area contributed by atoms with E-state index in [0.717, 1.165) is 46.9 Å². The SMILES string of the molecule is COc1ccccc1-n1nc(C(=O)Nc2sc3c(c2C#N)CCCC3)c(O)cc1=O. The molecule has 30 heavy (non-hydrogen) atoms. The Morgan fingerprint density at radius 3 is 2.87 bits per heavy atom. The van der Waals surface area contributed by atoms with Gasteiger partial charge in [0.05, 0.1) is 12.7 Å². The van der Waals surface area contributed by atoms with Gasteiger partial charge in [-0.15, -0.1) is 11.3 Å². The molecule has 8 nitrogen and oxygen atoms in total. The molecule has 1 aliphatic carbocycles. The summed E-state index contributed by atoms with van der Waals surface area (Å²) in [4.78, 5) is 26.4. The van der Waals surface area contributed by atoms with E-state index < -0.39 is 17.2 Å². The Hall–Kier alpha value is -3.64. The Balaban J connectivity index is 1.73. The van der Waals surface area contributed by atoms with Crippen molar-refractivity contribution in [1.29, 1.82) is 5.26 Å². The van der Waals surface area contributed by atoms with E-state index in [1.54, 1.807) is 24.3 Å². The Labute approximate surface area is 176 Å². The first kappa shape index (κ1) is 19.7. The van der Waals surface area contributed by atoms with Crippen molar-refractivity contribution in [2.75, 3.05) is 12.4 Å². The fraction of sp³-hybridized carbons (Fsp3) is 0.238. The summed E-state index contributed by atoms with van der Waals surface area (Å²) in [7, 11) is 1.46. The van der Waals surface area contributed by atoms with Crippen molar-refractivity contribution in [2.45, 2.75) is 25.7 Å². The fourth-order valence-electron chi connectivity index (χ4n) is 3.52. The van der Waals surface area contributed by atoms with Crippen LogP contribution >= 0.6 is 11.3 Å². The summed E-state index contributed by atoms with van der Waals surface area (Å²) in [6.07, 6.45) is 3.76. The second kappa shape index (κ2) is 8.00. The van der Waals surface area contributed by atoms with E-state index in [1.807, 2.05) is 0 Å². The lowest BCUT2D eigenvalue weighted by atomic mass is 9.96. The average molecular weight is 422 g/mol. The van der Waals surface area contributed by atoms with Crippen molar-refractivity contribution in [3.05, 3.63) is 62.4 Å². The van der Waals surface area contributed by atoms with Crippen LogP contribution in [0.25, 0.3) is 5.69 Å². The summed E-state index contributed by atoms with van der Waals surface area (Å²) < 4.78 is 6.26. The number of nitrogens with one attached hydrogen (secondary N) is 1. The smallest absolute Gasteiger partial charge is 0.280 e. The molecule has 4 rings (SSSR count). The van der Waals surface area contributed by atoms with Gasteiger partial charge in [0.25, 0.3) is 11.5 Å². The van der Waals surface area contributed by atoms with E-state index in [9.17, 15) is 20.0 Å². The Kier molecular flexibility index (Phi) is 5.25. The molecule has 2 heterocycles. The molecular formula is C21H18N4O4S. The molecule has 0 saturated carbocycles. The third kappa shape index (κ3) is 3.42. The molecule has 2 aromatic heterocycles. The highest BCUT2D eigenvalue weighted by atomic mass is 32.1. The van der Waals surface area contributed by atoms with Crippen LogP contribution in [-0.2, 0) is 12.8 Å². The third-order valence-corrected chi connectivity index (χ3v) is 6.16. The van der Waals surface area contributed by atoms with Gasteiger partial charge in [-0.1, -0.05) is 12.1 Å². The molecular weight excluding hydrogens is 404 g/mol. The van der Waals surface area contributed by atoms with Crippen LogP contribution in [0.15, 0.2) is 35.1 Å². The number of para-hydroxylation sites is 2. The Morgan fingerprint density at radius 2 is 2.10 bits per heavy atom. The number of nitriles is 1. The molecule has 0 saturated heterocycles. The van der Waals surface area contributed by atoms with Gasteiger partial charge >= 0.3 is 0 Å². The van der Waals surface area contributed by atoms with Gasteiger partial charge in [0.1, 0.15) is 22.5 Å². The van der Waals surface area contributed by atoms with Crippen molar-refractivity contribution in [3.63, 3.8) is 0 Å². The maximum Gasteiger partial charge on any atom is 0.280 e. The zero-order valence-corrected chi connectivity index (χ0v) is 17.0. The molecule has 1 aliphatic rings. The molecule has 0 spiro atoms. The minimum absolute atomic E-state index is 0.323. The first-order valence-corrected chi connectivity index (χ1v) is 10.2. The molecule has 0 fully saturated rings. The van der Waals surface area contributed by atoms with Crippen molar-refractivity contribution in [3.8, 4) is 23.3 Å². The van der Waals surface area contributed by atoms with Gasteiger partial charge in [0.2, 0.25) is 0 Å². The topological polar surface area (TPSA) is 117 Å². The lowest BCUT2D eigenvalue weighted by molar-refractivity contribution is 0.101. The highest BCUT2D eigenvalue weighted by molar-refractivity contribution is 7.16. The quantitative estimate of drug-likeness (QED) is 0.667. The van der Waals surface area contributed by atoms with Crippen LogP contribution in [-0.4, -0.2) is 27.9 Å². The predicted octanol–water partition coefficient (Wildman–Crippen LogP) is 3.01. The number of fused-ring (bicyclic) bond motifs is 1. The van der Waals surface area contributed by atoms with Gasteiger partial charge in [-0.05, 0) is 43.4 Å². The summed E-state index contributed by atoms with van der Waals surface area (Å²) in [6.45, 7) is 0. The van der Waals surface area contributed by atoms with Crippen LogP contribution in [0.1, 0.15) is 39.3 Å². The van der Waals surface area contributed by atoms with Crippen LogP contribution in [0.4, 0.5) is 5.00 Å². The van der Waals surface area contributed by atoms with Crippen LogP contribution in [0.3, 0.4) is 0 Å². The highest BCUT2D eigenvalue weighted by Crippen LogP contribution is 2.38. The van der Waals surface area contributed by atoms with Gasteiger partial charge in [-0.3, -0.25) is 9.59 Å². The van der Waals surface area contributed by atoms with Crippen LogP contribution in [0.2, 0.25) is 0 Å². The number of ether oxygens (including phenoxy) is 1. The number of aromatic hydroxyl groups is 1. The molecule has 0 radical (unpaired) electrons. The number of rotatable bonds is 4. The fourth-order valence-corrected chi connectivity index (χ4v) is 4.76. The zero-order chi connectivity index (χ0) is 21.3. The third-order valence-electron chi connectivity index (χ3n) is 4.95. The average Bonchev–Trinajstić information content (AvgIpc) is 3.10. The number of amides is 1. The number of carbonyl (C=O) groups is 1. The van der Waals surface area contributed by atoms with Gasteiger partial charge in [0.15, 0.2) is 11.4 Å². The monoisotopic (exact) mass is 422 g/mol. The molecule has 0 unspecified atom stereocenters. The van der Waals surface area contributed by atoms with Gasteiger partial charge in [0, 0.05) is 10.9 Å². The maximum atomic E-state index is 12.9. The normalized spacial score (nSPS) is 12.7. The summed E-state index contributed by atoms with van der Waals surface area (Å²) in [5.74, 6) is -0.850. The Morgan fingerprint density at radius 1 is 1.33 bits per heavy atom. The highest BCUT2D eigenvalue weighted by Gasteiger charge is 2.24. The predicted molar refractivity (Wildman–Crippen MR) is 112 cm³/mol. The first-order chi connectivity index (χ1) is 14.5. The van der Waals surface area contributed by atoms with Gasteiger partial charge in [-0.25, -0.2) is 0 Å². The van der Waals surface area contributed by atoms with Gasteiger partial charge in [-0.2, -0.15) is 15.0 Å². The van der Waals surface area contributed by atoms with Crippen molar-refractivity contribution < 1.29 is 14.6 Å². The summed E-state index contributed by atoms with van der Waals surface area (Å²) in [5.41, 5.74) is 0.845. The maximum absolute atomic E-state index is 12.9. The minimum atomic E-state index is -0.703. The second-order valence-corrected chi connectivity index (χ2v) is 7.89. The molecule has 0 aliphatic heterocycles. The molecule has 3 aromatic rings. The van der Waals surface area contributed by atoms with Crippen LogP contribution in [0.5, 0.6) is 11.5 Å². The van der Waals surface area contributed by atoms with E-state index in [2.05, 4.69) is 16.5 Å². The van der Waals surface area contributed by atoms with Crippen molar-refractivity contribution in [1.82, 2.24) is 9.78 Å². The molecule has 0 atom stereocenters. The lowest BCUT2D eigenvalue weighted by Crippen LogP contribution is -2.25. The molecule has 1 aromatic carbocycles. The molecule has 9 heteroatoms. The lowest BCUT2D eigenvalue weighted by Gasteiger charge is -2.11. The van der Waals surface area contributed by atoms with E-state index in [1.165, 1.54) is 18.4 Å². The van der Waals surface area contributed by atoms with E-state index >= 15 is 0 Å². The summed E-state index contributed by atoms with van der Waals surface area (Å²) in [5, 5.41) is 27.0. The Bertz CT molecular complexity index is 1240. The second-order valence-electron chi connectivity index (χ2n) is 6.78. The number of aryl methyl sites for hydroxylation is 1. The number of thiophene rings is 1. The molecule has 1 amide bonds. The molecule has 0 bridgehead atoms. The summed E-state index contributed by atoms with van der Waals surface area (Å²) >= 11 is 1.37. The number of carbonyl (C=O) groups excluding carboxylic acids is 1. The van der Waals surface area contributed by atoms with E-state index in [4.69, 9.17) is 4.74 Å². The minimum Gasteiger partial charge on any atom is -0.505 e. The number of hydrogen-bond donors (Lipinski definition) is 2. The van der Waals surface area contributed by atoms with Crippen molar-refractivity contribution in [2.24, 2.45) is 0 Å². The van der Waals surface area contributed by atoms with Crippen LogP contribution in [0, 0.1) is 11.3 Å². The number of anilines is 1.